The van der Waals surface area contributed by atoms with Crippen molar-refractivity contribution in [3.8, 4) is 17.2 Å². The summed E-state index contributed by atoms with van der Waals surface area (Å²) in [6.45, 7) is 3.24. The Hall–Kier alpha value is -3.28. The van der Waals surface area contributed by atoms with Crippen molar-refractivity contribution in [1.82, 2.24) is 0 Å². The predicted octanol–water partition coefficient (Wildman–Crippen LogP) is 3.83. The fraction of sp³-hybridized carbons (Fsp3) is 0.200. The van der Waals surface area contributed by atoms with E-state index in [9.17, 15) is 9.59 Å². The molecule has 0 saturated heterocycles. The Bertz CT molecular complexity index is 779. The average Bonchev–Trinajstić information content (AvgIpc) is 2.67. The van der Waals surface area contributed by atoms with Gasteiger partial charge in [0.1, 0.15) is 5.75 Å². The van der Waals surface area contributed by atoms with Crippen LogP contribution in [0.4, 0.5) is 4.79 Å². The third kappa shape index (κ3) is 5.11. The van der Waals surface area contributed by atoms with Gasteiger partial charge < -0.3 is 18.9 Å². The largest absolute Gasteiger partial charge is 0.514 e. The molecule has 6 nitrogen and oxygen atoms in total. The molecule has 0 fully saturated rings. The molecule has 26 heavy (non-hydrogen) atoms. The normalized spacial score (nSPS) is 9.92. The zero-order valence-corrected chi connectivity index (χ0v) is 14.7. The molecule has 6 heteroatoms. The summed E-state index contributed by atoms with van der Waals surface area (Å²) in [5.74, 6) is 0.886. The number of hydrogen-bond acceptors (Lipinski definition) is 6. The molecule has 0 aliphatic heterocycles. The lowest BCUT2D eigenvalue weighted by Gasteiger charge is -2.10. The van der Waals surface area contributed by atoms with Gasteiger partial charge in [-0.2, -0.15) is 0 Å². The molecule has 0 heterocycles. The van der Waals surface area contributed by atoms with Gasteiger partial charge in [0, 0.05) is 5.56 Å². The molecule has 0 radical (unpaired) electrons. The minimum atomic E-state index is -0.985. The number of rotatable bonds is 8. The van der Waals surface area contributed by atoms with Gasteiger partial charge in [-0.3, -0.25) is 4.79 Å². The molecule has 0 amide bonds. The Balaban J connectivity index is 1.93. The summed E-state index contributed by atoms with van der Waals surface area (Å²) in [7, 11) is 3.01. The van der Waals surface area contributed by atoms with Crippen LogP contribution in [0, 0.1) is 0 Å². The Morgan fingerprint density at radius 1 is 1.00 bits per heavy atom. The summed E-state index contributed by atoms with van der Waals surface area (Å²) in [4.78, 5) is 23.9. The summed E-state index contributed by atoms with van der Waals surface area (Å²) >= 11 is 0. The molecule has 0 N–H and O–H groups in total. The smallest absolute Gasteiger partial charge is 0.497 e. The fourth-order valence-electron chi connectivity index (χ4n) is 2.19. The maximum Gasteiger partial charge on any atom is 0.514 e. The van der Waals surface area contributed by atoms with E-state index in [2.05, 4.69) is 6.58 Å². The van der Waals surface area contributed by atoms with Crippen LogP contribution in [0.5, 0.6) is 17.2 Å². The topological polar surface area (TPSA) is 71.1 Å². The van der Waals surface area contributed by atoms with Gasteiger partial charge in [0.2, 0.25) is 0 Å². The van der Waals surface area contributed by atoms with Crippen LogP contribution >= 0.6 is 0 Å². The van der Waals surface area contributed by atoms with Gasteiger partial charge in [0.15, 0.2) is 23.9 Å². The number of hydrogen-bond donors (Lipinski definition) is 0. The van der Waals surface area contributed by atoms with E-state index >= 15 is 0 Å². The maximum absolute atomic E-state index is 12.0. The second-order valence-corrected chi connectivity index (χ2v) is 5.27. The number of methoxy groups -OCH3 is 2. The standard InChI is InChI=1S/C20H20O6/c1-4-5-14-6-11-18(19(12-14)24-3)26-20(22)25-13-17(21)15-7-9-16(23-2)10-8-15/h4,6-12H,1,5,13H2,2-3H3. The maximum atomic E-state index is 12.0. The zero-order valence-electron chi connectivity index (χ0n) is 14.7. The highest BCUT2D eigenvalue weighted by Gasteiger charge is 2.14. The number of Topliss-reactive ketones (excluding diaryl/α,β-unsaturated/α-hetero) is 1. The molecule has 0 bridgehead atoms. The van der Waals surface area contributed by atoms with Gasteiger partial charge in [0.05, 0.1) is 14.2 Å². The molecule has 0 aliphatic rings. The minimum Gasteiger partial charge on any atom is -0.497 e. The van der Waals surface area contributed by atoms with Crippen LogP contribution in [0.25, 0.3) is 0 Å². The van der Waals surface area contributed by atoms with Gasteiger partial charge in [0.25, 0.3) is 0 Å². The number of carbonyl (C=O) groups excluding carboxylic acids is 2. The first-order chi connectivity index (χ1) is 12.6. The molecule has 2 aromatic rings. The summed E-state index contributed by atoms with van der Waals surface area (Å²) in [5.41, 5.74) is 1.37. The van der Waals surface area contributed by atoms with Crippen LogP contribution in [0.2, 0.25) is 0 Å². The number of benzene rings is 2. The molecule has 2 rings (SSSR count). The molecule has 0 aromatic heterocycles. The van der Waals surface area contributed by atoms with Crippen molar-refractivity contribution in [2.45, 2.75) is 6.42 Å². The Morgan fingerprint density at radius 3 is 2.35 bits per heavy atom. The lowest BCUT2D eigenvalue weighted by atomic mass is 10.1. The van der Waals surface area contributed by atoms with Gasteiger partial charge in [-0.25, -0.2) is 4.79 Å². The molecule has 0 aliphatic carbocycles. The van der Waals surface area contributed by atoms with E-state index in [4.69, 9.17) is 18.9 Å². The highest BCUT2D eigenvalue weighted by Crippen LogP contribution is 2.28. The van der Waals surface area contributed by atoms with Crippen molar-refractivity contribution < 1.29 is 28.5 Å². The van der Waals surface area contributed by atoms with Crippen molar-refractivity contribution in [1.29, 1.82) is 0 Å². The van der Waals surface area contributed by atoms with E-state index in [1.165, 1.54) is 14.2 Å². The van der Waals surface area contributed by atoms with E-state index in [0.29, 0.717) is 23.5 Å². The van der Waals surface area contributed by atoms with E-state index in [1.54, 1.807) is 48.5 Å². The van der Waals surface area contributed by atoms with Crippen molar-refractivity contribution in [3.05, 3.63) is 66.2 Å². The van der Waals surface area contributed by atoms with Gasteiger partial charge in [-0.1, -0.05) is 12.1 Å². The number of carbonyl (C=O) groups is 2. The van der Waals surface area contributed by atoms with Crippen molar-refractivity contribution in [2.24, 2.45) is 0 Å². The highest BCUT2D eigenvalue weighted by molar-refractivity contribution is 5.97. The monoisotopic (exact) mass is 356 g/mol. The number of ether oxygens (including phenoxy) is 4. The van der Waals surface area contributed by atoms with Crippen LogP contribution in [0.3, 0.4) is 0 Å². The van der Waals surface area contributed by atoms with Gasteiger partial charge >= 0.3 is 6.16 Å². The molecule has 0 saturated carbocycles. The predicted molar refractivity (Wildman–Crippen MR) is 96.2 cm³/mol. The molecule has 136 valence electrons. The first-order valence-electron chi connectivity index (χ1n) is 7.87. The molecular weight excluding hydrogens is 336 g/mol. The third-order valence-corrected chi connectivity index (χ3v) is 3.53. The van der Waals surface area contributed by atoms with Crippen LogP contribution in [0.1, 0.15) is 15.9 Å². The second kappa shape index (κ2) is 9.27. The Labute approximate surface area is 151 Å². The SMILES string of the molecule is C=CCc1ccc(OC(=O)OCC(=O)c2ccc(OC)cc2)c(OC)c1. The molecule has 0 unspecified atom stereocenters. The fourth-order valence-corrected chi connectivity index (χ4v) is 2.19. The zero-order chi connectivity index (χ0) is 18.9. The Kier molecular flexibility index (Phi) is 6.79. The average molecular weight is 356 g/mol. The van der Waals surface area contributed by atoms with Crippen molar-refractivity contribution >= 4 is 11.9 Å². The van der Waals surface area contributed by atoms with Crippen molar-refractivity contribution in [2.75, 3.05) is 20.8 Å². The van der Waals surface area contributed by atoms with E-state index < -0.39 is 12.8 Å². The molecule has 2 aromatic carbocycles. The van der Waals surface area contributed by atoms with E-state index in [-0.39, 0.29) is 11.5 Å². The van der Waals surface area contributed by atoms with Crippen molar-refractivity contribution in [3.63, 3.8) is 0 Å². The first-order valence-corrected chi connectivity index (χ1v) is 7.87. The first kappa shape index (κ1) is 19.1. The van der Waals surface area contributed by atoms with E-state index in [0.717, 1.165) is 5.56 Å². The minimum absolute atomic E-state index is 0.210. The number of allylic oxidation sites excluding steroid dienone is 1. The quantitative estimate of drug-likeness (QED) is 0.310. The summed E-state index contributed by atoms with van der Waals surface area (Å²) in [5, 5.41) is 0. The summed E-state index contributed by atoms with van der Waals surface area (Å²) < 4.78 is 20.2. The molecular formula is C20H20O6. The van der Waals surface area contributed by atoms with Crippen LogP contribution < -0.4 is 14.2 Å². The summed E-state index contributed by atoms with van der Waals surface area (Å²) in [6, 6.07) is 11.6. The van der Waals surface area contributed by atoms with Gasteiger partial charge in [-0.05, 0) is 48.4 Å². The van der Waals surface area contributed by atoms with Gasteiger partial charge in [-0.15, -0.1) is 6.58 Å². The molecule has 0 spiro atoms. The van der Waals surface area contributed by atoms with Crippen LogP contribution in [-0.2, 0) is 11.2 Å². The summed E-state index contributed by atoms with van der Waals surface area (Å²) in [6.07, 6.45) is 1.44. The lowest BCUT2D eigenvalue weighted by Crippen LogP contribution is -2.17. The Morgan fingerprint density at radius 2 is 1.73 bits per heavy atom. The number of ketones is 1. The highest BCUT2D eigenvalue weighted by atomic mass is 16.7. The third-order valence-electron chi connectivity index (χ3n) is 3.53. The molecule has 0 atom stereocenters. The lowest BCUT2D eigenvalue weighted by molar-refractivity contribution is 0.0731. The second-order valence-electron chi connectivity index (χ2n) is 5.27. The van der Waals surface area contributed by atoms with E-state index in [1.807, 2.05) is 0 Å². The van der Waals surface area contributed by atoms with Crippen LogP contribution in [-0.4, -0.2) is 32.8 Å². The van der Waals surface area contributed by atoms with Crippen LogP contribution in [0.15, 0.2) is 55.1 Å².